The average molecular weight is 1930 g/mol. The standard InChI is InChI=1S/C116H152O24/c1-33-125-93(117)61-133-101-69-41-70-46-79(111(15,16)17)55-87(103(70)135-63-95(119)127-35-3)88-56-81(113(21,22)23)49-73(105(88)137-65-97(121)129-37-5)43-74-50-83(115(27,28)29)59-91(107(74)139-67-99(123)131-39-7)92-60-84(116(30,31)32)52-76(108(92)140-68-100(124)132-40-8)44-75-51-82(114(24,25)26)58-90(106(75)138-66-98(122)130-38-6)89-57-80(112(18,19)20)48-72(104(89)136-64-96(120)128-36-4)42-71-47-78(110(12,13)14)54-86(102(71)134-62-94(118)126-34-2)85(101)53-77(45-69)109(9,10)11/h45-60H,33-44,61-68H2,1-32H3. The number of rotatable bonds is 32. The molecule has 0 saturated carbocycles. The molecule has 760 valence electrons. The van der Waals surface area contributed by atoms with Crippen LogP contribution in [0.2, 0.25) is 0 Å². The summed E-state index contributed by atoms with van der Waals surface area (Å²) in [4.78, 5) is 116. The van der Waals surface area contributed by atoms with Gasteiger partial charge >= 0.3 is 47.8 Å². The third kappa shape index (κ3) is 29.1. The summed E-state index contributed by atoms with van der Waals surface area (Å²) < 4.78 is 104. The lowest BCUT2D eigenvalue weighted by Crippen LogP contribution is -2.20. The molecule has 0 saturated heterocycles. The fraction of sp³-hybridized carbons (Fsp3) is 0.517. The van der Waals surface area contributed by atoms with Crippen LogP contribution >= 0.6 is 0 Å². The maximum atomic E-state index is 14.5. The molecule has 9 rings (SSSR count). The molecule has 0 fully saturated rings. The van der Waals surface area contributed by atoms with E-state index in [-0.39, 0.29) is 125 Å². The fourth-order valence-electron chi connectivity index (χ4n) is 16.5. The summed E-state index contributed by atoms with van der Waals surface area (Å²) in [7, 11) is 0. The van der Waals surface area contributed by atoms with E-state index in [1.54, 1.807) is 55.4 Å². The summed E-state index contributed by atoms with van der Waals surface area (Å²) >= 11 is 0. The van der Waals surface area contributed by atoms with Crippen molar-refractivity contribution < 1.29 is 114 Å². The van der Waals surface area contributed by atoms with Gasteiger partial charge in [-0.2, -0.15) is 0 Å². The summed E-state index contributed by atoms with van der Waals surface area (Å²) in [6.45, 7) is 59.0. The normalized spacial score (nSPS) is 12.6. The van der Waals surface area contributed by atoms with Gasteiger partial charge in [0, 0.05) is 70.2 Å². The Bertz CT molecular complexity index is 4760. The molecule has 0 heterocycles. The van der Waals surface area contributed by atoms with Crippen molar-refractivity contribution in [3.8, 4) is 90.5 Å². The van der Waals surface area contributed by atoms with Gasteiger partial charge in [-0.05, 0) is 236 Å². The Morgan fingerprint density at radius 2 is 0.264 bits per heavy atom. The largest absolute Gasteiger partial charge is 0.481 e. The molecule has 0 atom stereocenters. The van der Waals surface area contributed by atoms with Gasteiger partial charge in [-0.25, -0.2) is 38.4 Å². The Morgan fingerprint density at radius 3 is 0.343 bits per heavy atom. The van der Waals surface area contributed by atoms with Crippen molar-refractivity contribution >= 4 is 47.8 Å². The van der Waals surface area contributed by atoms with Crippen LogP contribution in [-0.4, -0.2) is 153 Å². The van der Waals surface area contributed by atoms with E-state index in [0.717, 1.165) is 44.5 Å². The first kappa shape index (κ1) is 112. The smallest absolute Gasteiger partial charge is 0.344 e. The van der Waals surface area contributed by atoms with E-state index >= 15 is 0 Å². The first-order chi connectivity index (χ1) is 65.4. The maximum Gasteiger partial charge on any atom is 0.344 e. The third-order valence-electron chi connectivity index (χ3n) is 24.1. The van der Waals surface area contributed by atoms with Crippen LogP contribution in [0.4, 0.5) is 0 Å². The van der Waals surface area contributed by atoms with E-state index in [4.69, 9.17) is 75.8 Å². The molecule has 24 nitrogen and oxygen atoms in total. The number of hydrogen-bond acceptors (Lipinski definition) is 24. The lowest BCUT2D eigenvalue weighted by Gasteiger charge is -2.30. The lowest BCUT2D eigenvalue weighted by molar-refractivity contribution is -0.146. The zero-order chi connectivity index (χ0) is 104. The third-order valence-corrected chi connectivity index (χ3v) is 24.1. The Hall–Kier alpha value is -12.1. The molecule has 0 radical (unpaired) electrons. The molecule has 8 aromatic rings. The molecule has 0 N–H and O–H groups in total. The highest BCUT2D eigenvalue weighted by molar-refractivity contribution is 5.89. The van der Waals surface area contributed by atoms with E-state index in [2.05, 4.69) is 166 Å². The summed E-state index contributed by atoms with van der Waals surface area (Å²) in [5.41, 5.74) is 8.21. The summed E-state index contributed by atoms with van der Waals surface area (Å²) in [5, 5.41) is 0. The molecule has 16 bridgehead atoms. The molecule has 24 heteroatoms. The molecule has 0 amide bonds. The number of carbonyl (C=O) groups excluding carboxylic acids is 8. The number of esters is 8. The highest BCUT2D eigenvalue weighted by Crippen LogP contribution is 2.55. The van der Waals surface area contributed by atoms with Crippen molar-refractivity contribution in [2.45, 2.75) is 291 Å². The van der Waals surface area contributed by atoms with Gasteiger partial charge in [-0.1, -0.05) is 215 Å². The molecule has 0 aromatic heterocycles. The van der Waals surface area contributed by atoms with Gasteiger partial charge in [0.2, 0.25) is 0 Å². The molecule has 0 spiro atoms. The van der Waals surface area contributed by atoms with Crippen LogP contribution in [0.15, 0.2) is 97.1 Å². The summed E-state index contributed by atoms with van der Waals surface area (Å²) in [6, 6.07) is 32.4. The van der Waals surface area contributed by atoms with Gasteiger partial charge < -0.3 is 75.8 Å². The van der Waals surface area contributed by atoms with Crippen molar-refractivity contribution in [3.63, 3.8) is 0 Å². The van der Waals surface area contributed by atoms with E-state index in [9.17, 15) is 38.4 Å². The molecule has 8 aromatic carbocycles. The first-order valence-corrected chi connectivity index (χ1v) is 49.1. The van der Waals surface area contributed by atoms with Gasteiger partial charge in [0.05, 0.1) is 52.9 Å². The fourth-order valence-corrected chi connectivity index (χ4v) is 16.5. The van der Waals surface area contributed by atoms with Crippen molar-refractivity contribution in [1.82, 2.24) is 0 Å². The predicted molar refractivity (Wildman–Crippen MR) is 545 cm³/mol. The van der Waals surface area contributed by atoms with Gasteiger partial charge in [0.25, 0.3) is 0 Å². The minimum atomic E-state index is -0.692. The van der Waals surface area contributed by atoms with Crippen LogP contribution in [0.25, 0.3) is 44.5 Å². The van der Waals surface area contributed by atoms with Crippen molar-refractivity contribution in [2.24, 2.45) is 0 Å². The maximum absolute atomic E-state index is 14.5. The molecule has 140 heavy (non-hydrogen) atoms. The number of ether oxygens (including phenoxy) is 16. The Kier molecular flexibility index (Phi) is 37.1. The van der Waals surface area contributed by atoms with Gasteiger partial charge in [-0.15, -0.1) is 0 Å². The van der Waals surface area contributed by atoms with E-state index in [1.165, 1.54) is 0 Å². The second kappa shape index (κ2) is 46.6. The Balaban J connectivity index is 1.72. The highest BCUT2D eigenvalue weighted by Gasteiger charge is 2.38. The van der Waals surface area contributed by atoms with Crippen LogP contribution in [0.3, 0.4) is 0 Å². The number of carbonyl (C=O) groups is 8. The van der Waals surface area contributed by atoms with Crippen molar-refractivity contribution in [2.75, 3.05) is 106 Å². The number of benzene rings is 8. The zero-order valence-electron chi connectivity index (χ0n) is 89.2. The lowest BCUT2D eigenvalue weighted by atomic mass is 9.78. The average Bonchev–Trinajstić information content (AvgIpc) is 0.745. The highest BCUT2D eigenvalue weighted by atomic mass is 16.6. The first-order valence-electron chi connectivity index (χ1n) is 49.1. The van der Waals surface area contributed by atoms with Crippen LogP contribution in [0.1, 0.15) is 311 Å². The minimum absolute atomic E-state index is 0.0208. The zero-order valence-corrected chi connectivity index (χ0v) is 89.2. The van der Waals surface area contributed by atoms with Crippen molar-refractivity contribution in [3.05, 3.63) is 186 Å². The van der Waals surface area contributed by atoms with Crippen LogP contribution in [-0.2, 0) is 145 Å². The Labute approximate surface area is 830 Å². The predicted octanol–water partition coefficient (Wildman–Crippen LogP) is 22.9. The molecule has 0 aliphatic heterocycles. The summed E-state index contributed by atoms with van der Waals surface area (Å²) in [6.07, 6.45) is -0.277. The molecule has 1 aliphatic rings. The Morgan fingerprint density at radius 1 is 0.171 bits per heavy atom. The monoisotopic (exact) mass is 1930 g/mol. The molecular formula is C116H152O24. The van der Waals surface area contributed by atoms with Crippen LogP contribution in [0, 0.1) is 0 Å². The van der Waals surface area contributed by atoms with E-state index in [1.807, 2.05) is 97.1 Å². The quantitative estimate of drug-likeness (QED) is 0.0280. The van der Waals surface area contributed by atoms with Crippen LogP contribution in [0.5, 0.6) is 46.0 Å². The number of hydrogen-bond donors (Lipinski definition) is 0. The molecule has 1 aliphatic carbocycles. The van der Waals surface area contributed by atoms with E-state index < -0.39 is 144 Å². The van der Waals surface area contributed by atoms with Crippen molar-refractivity contribution in [1.29, 1.82) is 0 Å². The topological polar surface area (TPSA) is 284 Å². The van der Waals surface area contributed by atoms with Gasteiger partial charge in [-0.3, -0.25) is 0 Å². The van der Waals surface area contributed by atoms with E-state index in [0.29, 0.717) is 89.0 Å². The summed E-state index contributed by atoms with van der Waals surface area (Å²) in [5.74, 6) is -3.89. The second-order valence-corrected chi connectivity index (χ2v) is 43.6. The van der Waals surface area contributed by atoms with Gasteiger partial charge in [0.15, 0.2) is 52.9 Å². The second-order valence-electron chi connectivity index (χ2n) is 43.6. The van der Waals surface area contributed by atoms with Gasteiger partial charge in [0.1, 0.15) is 46.0 Å². The molecular weight excluding hydrogens is 1780 g/mol. The number of fused-ring (bicyclic) bond motifs is 20. The molecule has 0 unspecified atom stereocenters. The minimum Gasteiger partial charge on any atom is -0.481 e. The van der Waals surface area contributed by atoms with Crippen LogP contribution < -0.4 is 37.9 Å². The SMILES string of the molecule is CCOC(=O)COc1c2cc(C(C)(C)C)cc1-c1cc(C(C)(C)C)cc(c1OCC(=O)OCC)Cc1cc(C(C)(C)C)cc(c1OCC(=O)OCC)-c1cc(C(C)(C)C)cc(c1OCC(=O)OCC)Cc1cc(C(C)(C)C)cc(c1OCC(=O)OCC)-c1cc(C(C)(C)C)cc(c1OCC(=O)OCC)Cc1cc(C(C)(C)C)cc(c1OCC(=O)OCC)-c1cc(C(C)(C)C)cc(c1OCC(=O)OCC)C2.